The lowest BCUT2D eigenvalue weighted by Gasteiger charge is -2.03. The number of anilines is 1. The monoisotopic (exact) mass is 374 g/mol. The molecule has 2 heterocycles. The van der Waals surface area contributed by atoms with Crippen LogP contribution in [-0.4, -0.2) is 10.9 Å². The first kappa shape index (κ1) is 15.7. The van der Waals surface area contributed by atoms with Gasteiger partial charge in [0.1, 0.15) is 11.4 Å². The number of hydrogen-bond acceptors (Lipinski definition) is 5. The fraction of sp³-hybridized carbons (Fsp3) is 0. The van der Waals surface area contributed by atoms with E-state index in [0.29, 0.717) is 20.6 Å². The Morgan fingerprint density at radius 2 is 2.04 bits per heavy atom. The zero-order chi connectivity index (χ0) is 17.6. The molecule has 0 aliphatic heterocycles. The van der Waals surface area contributed by atoms with Gasteiger partial charge in [0, 0.05) is 11.1 Å². The summed E-state index contributed by atoms with van der Waals surface area (Å²) in [5, 5.41) is 3.53. The number of halogens is 2. The van der Waals surface area contributed by atoms with Crippen molar-refractivity contribution < 1.29 is 13.6 Å². The van der Waals surface area contributed by atoms with Crippen molar-refractivity contribution in [1.29, 1.82) is 0 Å². The lowest BCUT2D eigenvalue weighted by atomic mass is 10.2. The Hall–Kier alpha value is -2.77. The summed E-state index contributed by atoms with van der Waals surface area (Å²) in [6.45, 7) is 0. The molecule has 0 radical (unpaired) electrons. The van der Waals surface area contributed by atoms with Crippen molar-refractivity contribution in [3.05, 3.63) is 69.3 Å². The molecule has 0 saturated carbocycles. The van der Waals surface area contributed by atoms with Crippen LogP contribution in [0.5, 0.6) is 0 Å². The van der Waals surface area contributed by atoms with Gasteiger partial charge in [-0.25, -0.2) is 9.37 Å². The van der Waals surface area contributed by atoms with Crippen LogP contribution in [0, 0.1) is 5.82 Å². The number of amides is 1. The molecule has 8 heteroatoms. The van der Waals surface area contributed by atoms with Gasteiger partial charge in [-0.2, -0.15) is 0 Å². The Balaban J connectivity index is 1.69. The van der Waals surface area contributed by atoms with Crippen molar-refractivity contribution in [2.45, 2.75) is 0 Å². The van der Waals surface area contributed by atoms with Gasteiger partial charge in [0.25, 0.3) is 5.91 Å². The van der Waals surface area contributed by atoms with E-state index in [4.69, 9.17) is 16.0 Å². The van der Waals surface area contributed by atoms with Crippen LogP contribution in [0.2, 0.25) is 5.02 Å². The van der Waals surface area contributed by atoms with Gasteiger partial charge in [0.05, 0.1) is 15.6 Å². The quantitative estimate of drug-likeness (QED) is 0.562. The predicted octanol–water partition coefficient (Wildman–Crippen LogP) is 4.45. The van der Waals surface area contributed by atoms with Crippen molar-refractivity contribution in [2.75, 3.05) is 5.32 Å². The molecule has 0 aliphatic rings. The smallest absolute Gasteiger partial charge is 0.293 e. The highest BCUT2D eigenvalue weighted by atomic mass is 35.5. The number of aromatic nitrogens is 1. The van der Waals surface area contributed by atoms with E-state index >= 15 is 0 Å². The maximum absolute atomic E-state index is 13.2. The summed E-state index contributed by atoms with van der Waals surface area (Å²) in [6.07, 6.45) is 0. The van der Waals surface area contributed by atoms with Crippen molar-refractivity contribution in [3.8, 4) is 0 Å². The van der Waals surface area contributed by atoms with Crippen molar-refractivity contribution in [2.24, 2.45) is 0 Å². The average molecular weight is 375 g/mol. The molecule has 5 nitrogen and oxygen atoms in total. The summed E-state index contributed by atoms with van der Waals surface area (Å²) in [7, 11) is 0. The molecular weight excluding hydrogens is 367 g/mol. The SMILES string of the molecule is O=C(Nc1nc2ccc(F)cc2s1)c1cc(=O)c2cc(Cl)ccc2o1. The molecular formula is C17H8ClFN2O3S. The van der Waals surface area contributed by atoms with E-state index in [1.807, 2.05) is 0 Å². The number of nitrogens with one attached hydrogen (secondary N) is 1. The number of fused-ring (bicyclic) bond motifs is 2. The van der Waals surface area contributed by atoms with Crippen LogP contribution < -0.4 is 10.7 Å². The van der Waals surface area contributed by atoms with Gasteiger partial charge >= 0.3 is 0 Å². The molecule has 1 amide bonds. The van der Waals surface area contributed by atoms with Gasteiger partial charge < -0.3 is 4.42 Å². The number of rotatable bonds is 2. The van der Waals surface area contributed by atoms with Crippen molar-refractivity contribution in [3.63, 3.8) is 0 Å². The minimum Gasteiger partial charge on any atom is -0.451 e. The highest BCUT2D eigenvalue weighted by molar-refractivity contribution is 7.22. The third kappa shape index (κ3) is 2.99. The molecule has 0 fully saturated rings. The van der Waals surface area contributed by atoms with Gasteiger partial charge in [-0.3, -0.25) is 14.9 Å². The number of benzene rings is 2. The molecule has 0 atom stereocenters. The molecule has 2 aromatic heterocycles. The van der Waals surface area contributed by atoms with Crippen LogP contribution in [-0.2, 0) is 0 Å². The number of thiazole rings is 1. The largest absolute Gasteiger partial charge is 0.451 e. The second kappa shape index (κ2) is 5.94. The predicted molar refractivity (Wildman–Crippen MR) is 95.0 cm³/mol. The van der Waals surface area contributed by atoms with Crippen LogP contribution in [0.4, 0.5) is 9.52 Å². The van der Waals surface area contributed by atoms with E-state index in [0.717, 1.165) is 17.4 Å². The first-order valence-corrected chi connectivity index (χ1v) is 8.30. The lowest BCUT2D eigenvalue weighted by Crippen LogP contribution is -2.14. The summed E-state index contributed by atoms with van der Waals surface area (Å²) in [5.74, 6) is -1.15. The number of nitrogens with zero attached hydrogens (tertiary/aromatic N) is 1. The van der Waals surface area contributed by atoms with Gasteiger partial charge in [-0.1, -0.05) is 22.9 Å². The topological polar surface area (TPSA) is 72.2 Å². The first-order chi connectivity index (χ1) is 12.0. The molecule has 4 rings (SSSR count). The first-order valence-electron chi connectivity index (χ1n) is 7.10. The highest BCUT2D eigenvalue weighted by Gasteiger charge is 2.15. The molecule has 0 spiro atoms. The number of carbonyl (C=O) groups is 1. The summed E-state index contributed by atoms with van der Waals surface area (Å²) in [5.41, 5.74) is 0.449. The Kier molecular flexibility index (Phi) is 3.74. The third-order valence-electron chi connectivity index (χ3n) is 3.48. The molecule has 0 unspecified atom stereocenters. The minimum atomic E-state index is -0.617. The van der Waals surface area contributed by atoms with Crippen molar-refractivity contribution >= 4 is 55.2 Å². The molecule has 0 saturated heterocycles. The second-order valence-corrected chi connectivity index (χ2v) is 6.67. The van der Waals surface area contributed by atoms with E-state index in [9.17, 15) is 14.0 Å². The molecule has 0 bridgehead atoms. The van der Waals surface area contributed by atoms with Gasteiger partial charge in [-0.05, 0) is 36.4 Å². The molecule has 4 aromatic rings. The zero-order valence-corrected chi connectivity index (χ0v) is 14.0. The zero-order valence-electron chi connectivity index (χ0n) is 12.4. The fourth-order valence-corrected chi connectivity index (χ4v) is 3.41. The average Bonchev–Trinajstić information content (AvgIpc) is 2.96. The Morgan fingerprint density at radius 1 is 1.20 bits per heavy atom. The fourth-order valence-electron chi connectivity index (χ4n) is 2.35. The van der Waals surface area contributed by atoms with Crippen molar-refractivity contribution in [1.82, 2.24) is 4.98 Å². The van der Waals surface area contributed by atoms with E-state index < -0.39 is 5.91 Å². The van der Waals surface area contributed by atoms with Crippen LogP contribution in [0.1, 0.15) is 10.6 Å². The van der Waals surface area contributed by atoms with Crippen LogP contribution in [0.25, 0.3) is 21.2 Å². The van der Waals surface area contributed by atoms with E-state index in [-0.39, 0.29) is 27.7 Å². The standard InChI is InChI=1S/C17H8ClFN2O3S/c18-8-1-4-13-10(5-8)12(22)7-14(24-13)16(23)21-17-20-11-3-2-9(19)6-15(11)25-17/h1-7H,(H,20,21,23). The molecule has 1 N–H and O–H groups in total. The number of carbonyl (C=O) groups excluding carboxylic acids is 1. The normalized spacial score (nSPS) is 11.1. The van der Waals surface area contributed by atoms with Gasteiger partial charge in [0.15, 0.2) is 16.3 Å². The maximum Gasteiger partial charge on any atom is 0.293 e. The van der Waals surface area contributed by atoms with E-state index in [1.54, 1.807) is 6.07 Å². The molecule has 25 heavy (non-hydrogen) atoms. The minimum absolute atomic E-state index is 0.148. The third-order valence-corrected chi connectivity index (χ3v) is 4.65. The van der Waals surface area contributed by atoms with Crippen LogP contribution >= 0.6 is 22.9 Å². The molecule has 124 valence electrons. The molecule has 2 aromatic carbocycles. The highest BCUT2D eigenvalue weighted by Crippen LogP contribution is 2.27. The van der Waals surface area contributed by atoms with Crippen LogP contribution in [0.3, 0.4) is 0 Å². The Labute approximate surface area is 148 Å². The summed E-state index contributed by atoms with van der Waals surface area (Å²) in [4.78, 5) is 28.7. The lowest BCUT2D eigenvalue weighted by molar-refractivity contribution is 0.0997. The summed E-state index contributed by atoms with van der Waals surface area (Å²) >= 11 is 6.98. The Morgan fingerprint density at radius 3 is 2.88 bits per heavy atom. The van der Waals surface area contributed by atoms with Gasteiger partial charge in [0.2, 0.25) is 0 Å². The second-order valence-electron chi connectivity index (χ2n) is 5.20. The summed E-state index contributed by atoms with van der Waals surface area (Å²) < 4.78 is 19.3. The van der Waals surface area contributed by atoms with E-state index in [1.165, 1.54) is 30.3 Å². The van der Waals surface area contributed by atoms with Gasteiger partial charge in [-0.15, -0.1) is 0 Å². The number of hydrogen-bond donors (Lipinski definition) is 1. The summed E-state index contributed by atoms with van der Waals surface area (Å²) in [6, 6.07) is 9.82. The Bertz CT molecular complexity index is 1200. The van der Waals surface area contributed by atoms with Crippen LogP contribution in [0.15, 0.2) is 51.7 Å². The maximum atomic E-state index is 13.2. The van der Waals surface area contributed by atoms with E-state index in [2.05, 4.69) is 10.3 Å². The molecule has 0 aliphatic carbocycles.